The van der Waals surface area contributed by atoms with Crippen LogP contribution in [0.4, 0.5) is 11.4 Å². The minimum Gasteiger partial charge on any atom is -0.350 e. The average Bonchev–Trinajstić information content (AvgIpc) is 2.66. The fourth-order valence-corrected chi connectivity index (χ4v) is 4.48. The first-order valence-corrected chi connectivity index (χ1v) is 12.1. The number of rotatable bonds is 8. The Morgan fingerprint density at radius 1 is 1.03 bits per heavy atom. The third-order valence-corrected chi connectivity index (χ3v) is 6.21. The standard InChI is InChI=1S/C23H31N3O4S/c1-7-17(4)24-23(28)20-10-8-9-11-21(20)25-22(27)18(5)26(31(6,29)30)19-13-15(2)12-16(3)14-19/h8-14,17-18H,7H2,1-6H3,(H,24,28)(H,25,27)/t17-,18+/m1/s1. The van der Waals surface area contributed by atoms with Gasteiger partial charge in [0.25, 0.3) is 5.91 Å². The second-order valence-electron chi connectivity index (χ2n) is 7.90. The first-order chi connectivity index (χ1) is 14.4. The highest BCUT2D eigenvalue weighted by Gasteiger charge is 2.30. The van der Waals surface area contributed by atoms with Gasteiger partial charge in [-0.15, -0.1) is 0 Å². The van der Waals surface area contributed by atoms with Gasteiger partial charge in [-0.3, -0.25) is 13.9 Å². The summed E-state index contributed by atoms with van der Waals surface area (Å²) >= 11 is 0. The van der Waals surface area contributed by atoms with Crippen molar-refractivity contribution in [1.29, 1.82) is 0 Å². The van der Waals surface area contributed by atoms with Crippen LogP contribution in [0.2, 0.25) is 0 Å². The van der Waals surface area contributed by atoms with E-state index < -0.39 is 22.0 Å². The lowest BCUT2D eigenvalue weighted by atomic mass is 10.1. The maximum atomic E-state index is 13.0. The Hall–Kier alpha value is -2.87. The van der Waals surface area contributed by atoms with Crippen LogP contribution in [-0.4, -0.2) is 38.6 Å². The molecule has 0 aliphatic rings. The van der Waals surface area contributed by atoms with Gasteiger partial charge in [-0.05, 0) is 69.5 Å². The molecule has 2 amide bonds. The highest BCUT2D eigenvalue weighted by Crippen LogP contribution is 2.25. The zero-order valence-corrected chi connectivity index (χ0v) is 19.7. The van der Waals surface area contributed by atoms with E-state index in [9.17, 15) is 18.0 Å². The van der Waals surface area contributed by atoms with Crippen molar-refractivity contribution >= 4 is 33.2 Å². The Morgan fingerprint density at radius 3 is 2.16 bits per heavy atom. The Labute approximate surface area is 184 Å². The summed E-state index contributed by atoms with van der Waals surface area (Å²) in [6.45, 7) is 9.12. The van der Waals surface area contributed by atoms with Crippen molar-refractivity contribution in [3.05, 3.63) is 59.2 Å². The van der Waals surface area contributed by atoms with Crippen molar-refractivity contribution in [3.63, 3.8) is 0 Å². The zero-order valence-electron chi connectivity index (χ0n) is 18.9. The molecule has 0 heterocycles. The van der Waals surface area contributed by atoms with Gasteiger partial charge >= 0.3 is 0 Å². The maximum absolute atomic E-state index is 13.0. The second-order valence-corrected chi connectivity index (χ2v) is 9.76. The molecule has 168 valence electrons. The topological polar surface area (TPSA) is 95.6 Å². The molecule has 0 saturated heterocycles. The van der Waals surface area contributed by atoms with Gasteiger partial charge in [0.2, 0.25) is 15.9 Å². The minimum absolute atomic E-state index is 0.0135. The number of anilines is 2. The molecule has 2 N–H and O–H groups in total. The molecule has 2 aromatic carbocycles. The van der Waals surface area contributed by atoms with Crippen molar-refractivity contribution in [2.24, 2.45) is 0 Å². The number of hydrogen-bond donors (Lipinski definition) is 2. The van der Waals surface area contributed by atoms with E-state index in [2.05, 4.69) is 10.6 Å². The number of nitrogens with zero attached hydrogens (tertiary/aromatic N) is 1. The molecule has 0 spiro atoms. The third kappa shape index (κ3) is 6.30. The van der Waals surface area contributed by atoms with E-state index in [1.807, 2.05) is 33.8 Å². The van der Waals surface area contributed by atoms with Crippen LogP contribution in [0.5, 0.6) is 0 Å². The molecule has 31 heavy (non-hydrogen) atoms. The minimum atomic E-state index is -3.74. The summed E-state index contributed by atoms with van der Waals surface area (Å²) in [6.07, 6.45) is 1.85. The number of benzene rings is 2. The van der Waals surface area contributed by atoms with Crippen LogP contribution in [0.15, 0.2) is 42.5 Å². The van der Waals surface area contributed by atoms with Crippen LogP contribution in [0.25, 0.3) is 0 Å². The Kier molecular flexibility index (Phi) is 7.84. The molecular formula is C23H31N3O4S. The molecule has 2 rings (SSSR count). The number of amides is 2. The molecule has 0 saturated carbocycles. The van der Waals surface area contributed by atoms with Crippen LogP contribution in [0.1, 0.15) is 48.7 Å². The molecule has 0 radical (unpaired) electrons. The predicted molar refractivity (Wildman–Crippen MR) is 125 cm³/mol. The molecule has 0 unspecified atom stereocenters. The first-order valence-electron chi connectivity index (χ1n) is 10.2. The Morgan fingerprint density at radius 2 is 1.61 bits per heavy atom. The lowest BCUT2D eigenvalue weighted by Crippen LogP contribution is -2.45. The number of carbonyl (C=O) groups is 2. The molecule has 7 nitrogen and oxygen atoms in total. The van der Waals surface area contributed by atoms with Crippen molar-refractivity contribution in [2.45, 2.75) is 53.1 Å². The van der Waals surface area contributed by atoms with Gasteiger partial charge in [-0.25, -0.2) is 8.42 Å². The molecule has 8 heteroatoms. The molecular weight excluding hydrogens is 414 g/mol. The van der Waals surface area contributed by atoms with Crippen LogP contribution in [-0.2, 0) is 14.8 Å². The van der Waals surface area contributed by atoms with Crippen LogP contribution >= 0.6 is 0 Å². The van der Waals surface area contributed by atoms with Crippen LogP contribution in [0.3, 0.4) is 0 Å². The second kappa shape index (κ2) is 9.96. The maximum Gasteiger partial charge on any atom is 0.253 e. The molecule has 0 aliphatic heterocycles. The smallest absolute Gasteiger partial charge is 0.253 e. The number of sulfonamides is 1. The van der Waals surface area contributed by atoms with Crippen molar-refractivity contribution in [3.8, 4) is 0 Å². The van der Waals surface area contributed by atoms with Crippen LogP contribution < -0.4 is 14.9 Å². The van der Waals surface area contributed by atoms with Gasteiger partial charge in [0.05, 0.1) is 23.2 Å². The summed E-state index contributed by atoms with van der Waals surface area (Å²) in [5.74, 6) is -0.833. The number of nitrogens with one attached hydrogen (secondary N) is 2. The normalized spacial score (nSPS) is 13.2. The number of hydrogen-bond acceptors (Lipinski definition) is 4. The molecule has 0 fully saturated rings. The summed E-state index contributed by atoms with van der Waals surface area (Å²) in [7, 11) is -3.74. The molecule has 0 bridgehead atoms. The van der Waals surface area contributed by atoms with E-state index in [0.29, 0.717) is 16.9 Å². The predicted octanol–water partition coefficient (Wildman–Crippen LogP) is 3.62. The van der Waals surface area contributed by atoms with Gasteiger partial charge in [0.1, 0.15) is 6.04 Å². The van der Waals surface area contributed by atoms with Crippen LogP contribution in [0, 0.1) is 13.8 Å². The van der Waals surface area contributed by atoms with E-state index in [1.165, 1.54) is 6.92 Å². The van der Waals surface area contributed by atoms with E-state index in [0.717, 1.165) is 28.1 Å². The van der Waals surface area contributed by atoms with Gasteiger partial charge in [-0.2, -0.15) is 0 Å². The monoisotopic (exact) mass is 445 g/mol. The van der Waals surface area contributed by atoms with Gasteiger partial charge < -0.3 is 10.6 Å². The number of carbonyl (C=O) groups excluding carboxylic acids is 2. The Bertz CT molecular complexity index is 1050. The Balaban J connectivity index is 2.35. The lowest BCUT2D eigenvalue weighted by molar-refractivity contribution is -0.116. The summed E-state index contributed by atoms with van der Waals surface area (Å²) < 4.78 is 26.2. The average molecular weight is 446 g/mol. The van der Waals surface area contributed by atoms with E-state index in [4.69, 9.17) is 0 Å². The molecule has 2 atom stereocenters. The fraction of sp³-hybridized carbons (Fsp3) is 0.391. The summed E-state index contributed by atoms with van der Waals surface area (Å²) in [6, 6.07) is 11.0. The highest BCUT2D eigenvalue weighted by molar-refractivity contribution is 7.92. The SMILES string of the molecule is CC[C@@H](C)NC(=O)c1ccccc1NC(=O)[C@H](C)N(c1cc(C)cc(C)c1)S(C)(=O)=O. The van der Waals surface area contributed by atoms with E-state index in [-0.39, 0.29) is 11.9 Å². The summed E-state index contributed by atoms with van der Waals surface area (Å²) in [5, 5.41) is 5.61. The zero-order chi connectivity index (χ0) is 23.3. The highest BCUT2D eigenvalue weighted by atomic mass is 32.2. The van der Waals surface area contributed by atoms with E-state index >= 15 is 0 Å². The molecule has 0 aromatic heterocycles. The van der Waals surface area contributed by atoms with Gasteiger partial charge in [-0.1, -0.05) is 25.1 Å². The van der Waals surface area contributed by atoms with Crippen molar-refractivity contribution < 1.29 is 18.0 Å². The largest absolute Gasteiger partial charge is 0.350 e. The lowest BCUT2D eigenvalue weighted by Gasteiger charge is -2.29. The third-order valence-electron chi connectivity index (χ3n) is 4.97. The van der Waals surface area contributed by atoms with Gasteiger partial charge in [0, 0.05) is 6.04 Å². The summed E-state index contributed by atoms with van der Waals surface area (Å²) in [4.78, 5) is 25.7. The number of para-hydroxylation sites is 1. The summed E-state index contributed by atoms with van der Waals surface area (Å²) in [5.41, 5.74) is 2.85. The first kappa shape index (κ1) is 24.4. The van der Waals surface area contributed by atoms with Crippen molar-refractivity contribution in [1.82, 2.24) is 5.32 Å². The fourth-order valence-electron chi connectivity index (χ4n) is 3.32. The molecule has 0 aliphatic carbocycles. The van der Waals surface area contributed by atoms with E-state index in [1.54, 1.807) is 36.4 Å². The quantitative estimate of drug-likeness (QED) is 0.649. The van der Waals surface area contributed by atoms with Crippen molar-refractivity contribution in [2.75, 3.05) is 15.9 Å². The number of aryl methyl sites for hydroxylation is 2. The van der Waals surface area contributed by atoms with Gasteiger partial charge in [0.15, 0.2) is 0 Å². The molecule has 2 aromatic rings.